The topological polar surface area (TPSA) is 67.2 Å². The minimum atomic E-state index is -0.287. The number of nitrogens with zero attached hydrogens (tertiary/aromatic N) is 3. The van der Waals surface area contributed by atoms with Crippen molar-refractivity contribution in [3.05, 3.63) is 77.1 Å². The van der Waals surface area contributed by atoms with Crippen molar-refractivity contribution >= 4 is 29.1 Å². The van der Waals surface area contributed by atoms with Gasteiger partial charge in [0.25, 0.3) is 11.8 Å². The van der Waals surface area contributed by atoms with Crippen molar-refractivity contribution in [3.63, 3.8) is 0 Å². The van der Waals surface area contributed by atoms with Crippen LogP contribution in [-0.2, 0) is 0 Å². The van der Waals surface area contributed by atoms with E-state index in [4.69, 9.17) is 11.6 Å². The molecule has 1 aromatic heterocycles. The molecule has 0 radical (unpaired) electrons. The number of rotatable bonds is 6. The Morgan fingerprint density at radius 2 is 1.82 bits per heavy atom. The summed E-state index contributed by atoms with van der Waals surface area (Å²) >= 11 is 6.31. The molecule has 0 spiro atoms. The number of amides is 2. The van der Waals surface area contributed by atoms with Crippen molar-refractivity contribution in [1.29, 1.82) is 0 Å². The number of carbonyl (C=O) groups excluding carboxylic acids is 2. The maximum Gasteiger partial charge on any atom is 0.257 e. The first-order valence-electron chi connectivity index (χ1n) is 9.04. The van der Waals surface area contributed by atoms with Gasteiger partial charge in [-0.05, 0) is 50.2 Å². The fourth-order valence-corrected chi connectivity index (χ4v) is 3.18. The van der Waals surface area contributed by atoms with Crippen LogP contribution in [0.1, 0.15) is 34.6 Å². The molecule has 0 saturated carbocycles. The van der Waals surface area contributed by atoms with Crippen LogP contribution in [0.5, 0.6) is 0 Å². The van der Waals surface area contributed by atoms with E-state index in [1.165, 1.54) is 0 Å². The van der Waals surface area contributed by atoms with Crippen molar-refractivity contribution in [2.24, 2.45) is 0 Å². The Bertz CT molecular complexity index is 982. The molecule has 28 heavy (non-hydrogen) atoms. The standard InChI is InChI=1S/C21H21ClN4O2/c1-3-25(4-2)21(28)16-11-10-15(14-18(16)22)24-20(27)17-8-5-6-9-19(17)26-13-7-12-23-26/h5-14H,3-4H2,1-2H3,(H,24,27). The minimum absolute atomic E-state index is 0.128. The summed E-state index contributed by atoms with van der Waals surface area (Å²) in [4.78, 5) is 27.0. The van der Waals surface area contributed by atoms with Gasteiger partial charge in [0.15, 0.2) is 0 Å². The number of benzene rings is 2. The Kier molecular flexibility index (Phi) is 6.11. The summed E-state index contributed by atoms with van der Waals surface area (Å²) in [5.74, 6) is -0.415. The number of hydrogen-bond donors (Lipinski definition) is 1. The van der Waals surface area contributed by atoms with Crippen molar-refractivity contribution in [2.75, 3.05) is 18.4 Å². The lowest BCUT2D eigenvalue weighted by molar-refractivity contribution is 0.0773. The summed E-state index contributed by atoms with van der Waals surface area (Å²) in [6.45, 7) is 5.05. The second-order valence-electron chi connectivity index (χ2n) is 6.09. The quantitative estimate of drug-likeness (QED) is 0.676. The number of anilines is 1. The maximum atomic E-state index is 12.8. The van der Waals surface area contributed by atoms with Gasteiger partial charge in [-0.3, -0.25) is 9.59 Å². The summed E-state index contributed by atoms with van der Waals surface area (Å²) in [5, 5.41) is 7.32. The fraction of sp³-hybridized carbons (Fsp3) is 0.190. The molecule has 0 fully saturated rings. The van der Waals surface area contributed by atoms with Crippen LogP contribution < -0.4 is 5.32 Å². The lowest BCUT2D eigenvalue weighted by atomic mass is 10.1. The molecule has 0 aliphatic rings. The molecule has 0 aliphatic heterocycles. The average Bonchev–Trinajstić information content (AvgIpc) is 3.23. The van der Waals surface area contributed by atoms with Gasteiger partial charge in [-0.2, -0.15) is 5.10 Å². The van der Waals surface area contributed by atoms with Crippen LogP contribution in [0.3, 0.4) is 0 Å². The molecule has 2 amide bonds. The van der Waals surface area contributed by atoms with E-state index in [-0.39, 0.29) is 11.8 Å². The van der Waals surface area contributed by atoms with Gasteiger partial charge in [0.1, 0.15) is 0 Å². The third kappa shape index (κ3) is 4.07. The molecule has 144 valence electrons. The van der Waals surface area contributed by atoms with Crippen LogP contribution in [0, 0.1) is 0 Å². The highest BCUT2D eigenvalue weighted by Gasteiger charge is 2.17. The maximum absolute atomic E-state index is 12.8. The summed E-state index contributed by atoms with van der Waals surface area (Å²) in [5.41, 5.74) is 2.08. The number of halogens is 1. The minimum Gasteiger partial charge on any atom is -0.339 e. The largest absolute Gasteiger partial charge is 0.339 e. The van der Waals surface area contributed by atoms with Gasteiger partial charge in [-0.25, -0.2) is 4.68 Å². The zero-order chi connectivity index (χ0) is 20.1. The van der Waals surface area contributed by atoms with Crippen LogP contribution in [0.15, 0.2) is 60.9 Å². The smallest absolute Gasteiger partial charge is 0.257 e. The molecule has 0 saturated heterocycles. The monoisotopic (exact) mass is 396 g/mol. The summed E-state index contributed by atoms with van der Waals surface area (Å²) in [6, 6.07) is 13.9. The van der Waals surface area contributed by atoms with Crippen LogP contribution >= 0.6 is 11.6 Å². The van der Waals surface area contributed by atoms with Crippen LogP contribution in [0.2, 0.25) is 5.02 Å². The van der Waals surface area contributed by atoms with Crippen molar-refractivity contribution in [1.82, 2.24) is 14.7 Å². The van der Waals surface area contributed by atoms with Crippen LogP contribution in [0.4, 0.5) is 5.69 Å². The Hall–Kier alpha value is -3.12. The second-order valence-corrected chi connectivity index (χ2v) is 6.50. The molecule has 0 bridgehead atoms. The highest BCUT2D eigenvalue weighted by atomic mass is 35.5. The Balaban J connectivity index is 1.83. The van der Waals surface area contributed by atoms with E-state index in [0.717, 1.165) is 0 Å². The molecule has 3 aromatic rings. The molecule has 3 rings (SSSR count). The first-order chi connectivity index (χ1) is 13.5. The summed E-state index contributed by atoms with van der Waals surface area (Å²) in [7, 11) is 0. The molecule has 1 heterocycles. The predicted molar refractivity (Wildman–Crippen MR) is 110 cm³/mol. The van der Waals surface area contributed by atoms with Crippen molar-refractivity contribution < 1.29 is 9.59 Å². The van der Waals surface area contributed by atoms with Gasteiger partial charge < -0.3 is 10.2 Å². The number of nitrogens with one attached hydrogen (secondary N) is 1. The number of aromatic nitrogens is 2. The van der Waals surface area contributed by atoms with E-state index in [2.05, 4.69) is 10.4 Å². The number of carbonyl (C=O) groups is 2. The van der Waals surface area contributed by atoms with Gasteiger partial charge in [-0.15, -0.1) is 0 Å². The van der Waals surface area contributed by atoms with Gasteiger partial charge in [0.2, 0.25) is 0 Å². The van der Waals surface area contributed by atoms with Gasteiger partial charge >= 0.3 is 0 Å². The highest BCUT2D eigenvalue weighted by Crippen LogP contribution is 2.24. The average molecular weight is 397 g/mol. The molecule has 7 heteroatoms. The number of para-hydroxylation sites is 1. The summed E-state index contributed by atoms with van der Waals surface area (Å²) < 4.78 is 1.63. The van der Waals surface area contributed by atoms with Crippen LogP contribution in [-0.4, -0.2) is 39.6 Å². The SMILES string of the molecule is CCN(CC)C(=O)c1ccc(NC(=O)c2ccccc2-n2cccn2)cc1Cl. The first-order valence-corrected chi connectivity index (χ1v) is 9.42. The molecular weight excluding hydrogens is 376 g/mol. The van der Waals surface area contributed by atoms with E-state index < -0.39 is 0 Å². The third-order valence-electron chi connectivity index (χ3n) is 4.41. The second kappa shape index (κ2) is 8.71. The molecule has 0 aliphatic carbocycles. The predicted octanol–water partition coefficient (Wildman–Crippen LogP) is 4.26. The Morgan fingerprint density at radius 1 is 1.07 bits per heavy atom. The van der Waals surface area contributed by atoms with E-state index in [1.54, 1.807) is 58.4 Å². The van der Waals surface area contributed by atoms with Crippen molar-refractivity contribution in [3.8, 4) is 5.69 Å². The zero-order valence-electron chi connectivity index (χ0n) is 15.7. The van der Waals surface area contributed by atoms with E-state index in [1.807, 2.05) is 26.0 Å². The Morgan fingerprint density at radius 3 is 2.46 bits per heavy atom. The van der Waals surface area contributed by atoms with Gasteiger partial charge in [0.05, 0.1) is 21.8 Å². The third-order valence-corrected chi connectivity index (χ3v) is 4.72. The molecule has 1 N–H and O–H groups in total. The lowest BCUT2D eigenvalue weighted by Crippen LogP contribution is -2.30. The van der Waals surface area contributed by atoms with Gasteiger partial charge in [0, 0.05) is 31.2 Å². The first kappa shape index (κ1) is 19.6. The zero-order valence-corrected chi connectivity index (χ0v) is 16.5. The molecule has 0 unspecified atom stereocenters. The normalized spacial score (nSPS) is 10.5. The highest BCUT2D eigenvalue weighted by molar-refractivity contribution is 6.34. The van der Waals surface area contributed by atoms with Crippen LogP contribution in [0.25, 0.3) is 5.69 Å². The fourth-order valence-electron chi connectivity index (χ4n) is 2.92. The molecule has 0 atom stereocenters. The Labute approximate surface area is 168 Å². The van der Waals surface area contributed by atoms with E-state index in [0.29, 0.717) is 40.6 Å². The van der Waals surface area contributed by atoms with Gasteiger partial charge in [-0.1, -0.05) is 23.7 Å². The molecule has 6 nitrogen and oxygen atoms in total. The van der Waals surface area contributed by atoms with E-state index >= 15 is 0 Å². The number of hydrogen-bond acceptors (Lipinski definition) is 3. The molecule has 2 aromatic carbocycles. The molecular formula is C21H21ClN4O2. The summed E-state index contributed by atoms with van der Waals surface area (Å²) in [6.07, 6.45) is 3.43. The van der Waals surface area contributed by atoms with E-state index in [9.17, 15) is 9.59 Å². The van der Waals surface area contributed by atoms with Crippen molar-refractivity contribution in [2.45, 2.75) is 13.8 Å². The lowest BCUT2D eigenvalue weighted by Gasteiger charge is -2.19.